The Kier molecular flexibility index (Phi) is 5.75. The average Bonchev–Trinajstić information content (AvgIpc) is 3.02. The standard InChI is InChI=1S/C21H29NO2/c1-18-9-10-20(24-18)16-22-14-12-21(17-23,13-15-22)11-5-8-19-6-3-2-4-7-19/h2-4,6-7,9-10,23H,5,8,11-17H2,1H3. The van der Waals surface area contributed by atoms with Crippen LogP contribution in [-0.4, -0.2) is 29.7 Å². The number of hydrogen-bond acceptors (Lipinski definition) is 3. The van der Waals surface area contributed by atoms with Gasteiger partial charge >= 0.3 is 0 Å². The summed E-state index contributed by atoms with van der Waals surface area (Å²) in [5.41, 5.74) is 1.51. The second-order valence-corrected chi connectivity index (χ2v) is 7.29. The largest absolute Gasteiger partial charge is 0.465 e. The number of furan rings is 1. The average molecular weight is 327 g/mol. The van der Waals surface area contributed by atoms with Crippen LogP contribution in [-0.2, 0) is 13.0 Å². The molecule has 1 aliphatic heterocycles. The second-order valence-electron chi connectivity index (χ2n) is 7.29. The summed E-state index contributed by atoms with van der Waals surface area (Å²) in [5.74, 6) is 2.03. The van der Waals surface area contributed by atoms with Crippen molar-refractivity contribution in [3.8, 4) is 0 Å². The zero-order valence-electron chi connectivity index (χ0n) is 14.7. The van der Waals surface area contributed by atoms with Crippen molar-refractivity contribution in [1.29, 1.82) is 0 Å². The van der Waals surface area contributed by atoms with Crippen molar-refractivity contribution in [3.63, 3.8) is 0 Å². The van der Waals surface area contributed by atoms with Crippen LogP contribution in [0.15, 0.2) is 46.9 Å². The van der Waals surface area contributed by atoms with Gasteiger partial charge in [0.25, 0.3) is 0 Å². The van der Waals surface area contributed by atoms with E-state index in [9.17, 15) is 5.11 Å². The molecule has 0 amide bonds. The lowest BCUT2D eigenvalue weighted by Gasteiger charge is -2.40. The molecule has 0 saturated carbocycles. The summed E-state index contributed by atoms with van der Waals surface area (Å²) in [7, 11) is 0. The first kappa shape index (κ1) is 17.2. The number of nitrogens with zero attached hydrogens (tertiary/aromatic N) is 1. The van der Waals surface area contributed by atoms with Crippen LogP contribution >= 0.6 is 0 Å². The quantitative estimate of drug-likeness (QED) is 0.828. The fourth-order valence-corrected chi connectivity index (χ4v) is 3.78. The van der Waals surface area contributed by atoms with Gasteiger partial charge in [0.15, 0.2) is 0 Å². The Morgan fingerprint density at radius 3 is 2.46 bits per heavy atom. The molecule has 3 nitrogen and oxygen atoms in total. The van der Waals surface area contributed by atoms with Crippen LogP contribution in [0.2, 0.25) is 0 Å². The highest BCUT2D eigenvalue weighted by Crippen LogP contribution is 2.36. The molecule has 3 heteroatoms. The molecule has 1 aromatic heterocycles. The van der Waals surface area contributed by atoms with Crippen LogP contribution in [0, 0.1) is 12.3 Å². The van der Waals surface area contributed by atoms with Crippen LogP contribution in [0.3, 0.4) is 0 Å². The summed E-state index contributed by atoms with van der Waals surface area (Å²) in [5, 5.41) is 9.98. The summed E-state index contributed by atoms with van der Waals surface area (Å²) < 4.78 is 5.69. The molecule has 0 unspecified atom stereocenters. The molecule has 1 aromatic carbocycles. The molecule has 2 heterocycles. The molecule has 0 aliphatic carbocycles. The molecular weight excluding hydrogens is 298 g/mol. The van der Waals surface area contributed by atoms with E-state index in [1.165, 1.54) is 5.56 Å². The number of aliphatic hydroxyl groups excluding tert-OH is 1. The van der Waals surface area contributed by atoms with Gasteiger partial charge in [-0.1, -0.05) is 30.3 Å². The molecule has 130 valence electrons. The maximum absolute atomic E-state index is 9.98. The Labute approximate surface area is 145 Å². The van der Waals surface area contributed by atoms with E-state index in [0.717, 1.165) is 63.3 Å². The van der Waals surface area contributed by atoms with E-state index >= 15 is 0 Å². The summed E-state index contributed by atoms with van der Waals surface area (Å²) in [6.45, 7) is 5.29. The van der Waals surface area contributed by atoms with Gasteiger partial charge in [-0.2, -0.15) is 0 Å². The minimum Gasteiger partial charge on any atom is -0.465 e. The third-order valence-electron chi connectivity index (χ3n) is 5.44. The Hall–Kier alpha value is -1.58. The van der Waals surface area contributed by atoms with Gasteiger partial charge in [0.1, 0.15) is 11.5 Å². The number of likely N-dealkylation sites (tertiary alicyclic amines) is 1. The van der Waals surface area contributed by atoms with Gasteiger partial charge in [0.05, 0.1) is 6.54 Å². The summed E-state index contributed by atoms with van der Waals surface area (Å²) in [6, 6.07) is 14.8. The maximum atomic E-state index is 9.98. The fraction of sp³-hybridized carbons (Fsp3) is 0.524. The first-order valence-electron chi connectivity index (χ1n) is 9.12. The molecule has 0 spiro atoms. The topological polar surface area (TPSA) is 36.6 Å². The minimum atomic E-state index is 0.115. The molecule has 1 fully saturated rings. The van der Waals surface area contributed by atoms with E-state index in [-0.39, 0.29) is 5.41 Å². The monoisotopic (exact) mass is 327 g/mol. The predicted molar refractivity (Wildman–Crippen MR) is 96.9 cm³/mol. The van der Waals surface area contributed by atoms with Gasteiger partial charge in [-0.25, -0.2) is 0 Å². The van der Waals surface area contributed by atoms with Crippen LogP contribution in [0.4, 0.5) is 0 Å². The van der Waals surface area contributed by atoms with E-state index in [1.54, 1.807) is 0 Å². The Morgan fingerprint density at radius 1 is 1.08 bits per heavy atom. The van der Waals surface area contributed by atoms with Crippen LogP contribution in [0.25, 0.3) is 0 Å². The van der Waals surface area contributed by atoms with E-state index in [2.05, 4.69) is 41.3 Å². The van der Waals surface area contributed by atoms with Crippen molar-refractivity contribution >= 4 is 0 Å². The zero-order valence-corrected chi connectivity index (χ0v) is 14.7. The summed E-state index contributed by atoms with van der Waals surface area (Å²) in [4.78, 5) is 2.45. The number of aliphatic hydroxyl groups is 1. The van der Waals surface area contributed by atoms with Gasteiger partial charge in [-0.05, 0) is 75.2 Å². The number of hydrogen-bond donors (Lipinski definition) is 1. The number of piperidine rings is 1. The van der Waals surface area contributed by atoms with Gasteiger partial charge in [-0.15, -0.1) is 0 Å². The molecule has 2 aromatic rings. The van der Waals surface area contributed by atoms with Crippen molar-refractivity contribution < 1.29 is 9.52 Å². The molecular formula is C21H29NO2. The Morgan fingerprint density at radius 2 is 1.83 bits per heavy atom. The van der Waals surface area contributed by atoms with Crippen LogP contribution < -0.4 is 0 Å². The minimum absolute atomic E-state index is 0.115. The van der Waals surface area contributed by atoms with E-state index in [4.69, 9.17) is 4.42 Å². The van der Waals surface area contributed by atoms with Gasteiger partial charge in [-0.3, -0.25) is 4.90 Å². The van der Waals surface area contributed by atoms with Crippen molar-refractivity contribution in [2.24, 2.45) is 5.41 Å². The molecule has 1 saturated heterocycles. The van der Waals surface area contributed by atoms with E-state index < -0.39 is 0 Å². The van der Waals surface area contributed by atoms with Gasteiger partial charge in [0.2, 0.25) is 0 Å². The third-order valence-corrected chi connectivity index (χ3v) is 5.44. The number of aryl methyl sites for hydroxylation is 2. The SMILES string of the molecule is Cc1ccc(CN2CCC(CO)(CCCc3ccccc3)CC2)o1. The summed E-state index contributed by atoms with van der Waals surface area (Å²) >= 11 is 0. The maximum Gasteiger partial charge on any atom is 0.118 e. The van der Waals surface area contributed by atoms with Crippen molar-refractivity contribution in [3.05, 3.63) is 59.5 Å². The lowest BCUT2D eigenvalue weighted by molar-refractivity contribution is 0.0308. The van der Waals surface area contributed by atoms with Gasteiger partial charge in [0, 0.05) is 6.61 Å². The van der Waals surface area contributed by atoms with Crippen molar-refractivity contribution in [1.82, 2.24) is 4.90 Å². The third kappa shape index (κ3) is 4.49. The number of benzene rings is 1. The Bertz CT molecular complexity index is 612. The first-order valence-corrected chi connectivity index (χ1v) is 9.12. The summed E-state index contributed by atoms with van der Waals surface area (Å²) in [6.07, 6.45) is 5.54. The highest BCUT2D eigenvalue weighted by atomic mass is 16.3. The highest BCUT2D eigenvalue weighted by molar-refractivity contribution is 5.14. The lowest BCUT2D eigenvalue weighted by Crippen LogP contribution is -2.41. The van der Waals surface area contributed by atoms with Crippen LogP contribution in [0.5, 0.6) is 0 Å². The normalized spacial score (nSPS) is 17.9. The molecule has 1 N–H and O–H groups in total. The highest BCUT2D eigenvalue weighted by Gasteiger charge is 2.33. The fourth-order valence-electron chi connectivity index (χ4n) is 3.78. The zero-order chi connectivity index (χ0) is 16.8. The van der Waals surface area contributed by atoms with E-state index in [0.29, 0.717) is 6.61 Å². The second kappa shape index (κ2) is 8.00. The molecule has 0 atom stereocenters. The molecule has 24 heavy (non-hydrogen) atoms. The number of rotatable bonds is 7. The molecule has 0 radical (unpaired) electrons. The Balaban J connectivity index is 1.46. The lowest BCUT2D eigenvalue weighted by atomic mass is 9.75. The van der Waals surface area contributed by atoms with E-state index in [1.807, 2.05) is 13.0 Å². The van der Waals surface area contributed by atoms with Crippen LogP contribution in [0.1, 0.15) is 42.8 Å². The smallest absolute Gasteiger partial charge is 0.118 e. The van der Waals surface area contributed by atoms with Gasteiger partial charge < -0.3 is 9.52 Å². The molecule has 0 bridgehead atoms. The first-order chi connectivity index (χ1) is 11.7. The predicted octanol–water partition coefficient (Wildman–Crippen LogP) is 4.19. The van der Waals surface area contributed by atoms with Crippen molar-refractivity contribution in [2.75, 3.05) is 19.7 Å². The van der Waals surface area contributed by atoms with Crippen molar-refractivity contribution in [2.45, 2.75) is 45.6 Å². The molecule has 3 rings (SSSR count). The molecule has 1 aliphatic rings.